The molecule has 0 saturated heterocycles. The largest absolute Gasteiger partial charge is 1.00 e. The minimum absolute atomic E-state index is 0. The summed E-state index contributed by atoms with van der Waals surface area (Å²) in [6, 6.07) is 5.38. The second-order valence-corrected chi connectivity index (χ2v) is 6.19. The zero-order valence-corrected chi connectivity index (χ0v) is 13.4. The Morgan fingerprint density at radius 2 is 1.85 bits per heavy atom. The van der Waals surface area contributed by atoms with Crippen LogP contribution in [0.1, 0.15) is 42.5 Å². The fourth-order valence-electron chi connectivity index (χ4n) is 2.42. The van der Waals surface area contributed by atoms with Crippen LogP contribution in [0.25, 0.3) is 0 Å². The van der Waals surface area contributed by atoms with Gasteiger partial charge in [0.1, 0.15) is 11.5 Å². The average molecular weight is 286 g/mol. The van der Waals surface area contributed by atoms with E-state index in [1.807, 2.05) is 6.07 Å². The first-order valence-electron chi connectivity index (χ1n) is 6.72. The van der Waals surface area contributed by atoms with Gasteiger partial charge in [-0.3, -0.25) is 0 Å². The van der Waals surface area contributed by atoms with Gasteiger partial charge >= 0.3 is 18.9 Å². The van der Waals surface area contributed by atoms with E-state index in [4.69, 9.17) is 9.47 Å². The quantitative estimate of drug-likeness (QED) is 0.601. The second-order valence-electron chi connectivity index (χ2n) is 4.79. The molecule has 1 aromatic carbocycles. The van der Waals surface area contributed by atoms with Gasteiger partial charge in [0.2, 0.25) is 0 Å². The Morgan fingerprint density at radius 1 is 1.15 bits per heavy atom. The van der Waals surface area contributed by atoms with Crippen molar-refractivity contribution in [3.05, 3.63) is 23.8 Å². The number of rotatable bonds is 5. The van der Waals surface area contributed by atoms with Crippen LogP contribution in [0.4, 0.5) is 0 Å². The summed E-state index contributed by atoms with van der Waals surface area (Å²) in [6.07, 6.45) is 6.17. The van der Waals surface area contributed by atoms with Crippen LogP contribution in [0.3, 0.4) is 0 Å². The molecular formula is C15H20LiO3P. The Bertz CT molecular complexity index is 445. The molecule has 0 aromatic heterocycles. The Hall–Kier alpha value is -0.483. The molecular weight excluding hydrogens is 266 g/mol. The number of hydrogen-bond donors (Lipinski definition) is 0. The molecule has 1 aliphatic carbocycles. The van der Waals surface area contributed by atoms with E-state index in [1.165, 1.54) is 32.1 Å². The number of benzene rings is 1. The summed E-state index contributed by atoms with van der Waals surface area (Å²) in [5, 5.41) is 0. The normalized spacial score (nSPS) is 15.9. The summed E-state index contributed by atoms with van der Waals surface area (Å²) in [4.78, 5) is 12.4. The third kappa shape index (κ3) is 4.52. The van der Waals surface area contributed by atoms with Gasteiger partial charge in [0.05, 0.1) is 14.2 Å². The third-order valence-corrected chi connectivity index (χ3v) is 4.87. The van der Waals surface area contributed by atoms with Crippen molar-refractivity contribution in [3.63, 3.8) is 0 Å². The van der Waals surface area contributed by atoms with Crippen molar-refractivity contribution in [1.82, 2.24) is 0 Å². The van der Waals surface area contributed by atoms with E-state index in [9.17, 15) is 4.79 Å². The van der Waals surface area contributed by atoms with Crippen LogP contribution in [0.15, 0.2) is 18.2 Å². The van der Waals surface area contributed by atoms with Crippen molar-refractivity contribution in [2.75, 3.05) is 14.2 Å². The molecule has 1 saturated carbocycles. The fraction of sp³-hybridized carbons (Fsp3) is 0.533. The molecule has 0 bridgehead atoms. The van der Waals surface area contributed by atoms with Crippen LogP contribution in [0, 0.1) is 0 Å². The van der Waals surface area contributed by atoms with Gasteiger partial charge in [0.25, 0.3) is 0 Å². The van der Waals surface area contributed by atoms with Crippen LogP contribution in [-0.2, 0) is 0 Å². The minimum Gasteiger partial charge on any atom is -0.497 e. The number of ether oxygens (including phenoxy) is 2. The topological polar surface area (TPSA) is 35.5 Å². The summed E-state index contributed by atoms with van der Waals surface area (Å²) in [6.45, 7) is 0. The molecule has 3 nitrogen and oxygen atoms in total. The molecule has 20 heavy (non-hydrogen) atoms. The van der Waals surface area contributed by atoms with Gasteiger partial charge in [-0.15, -0.1) is 0 Å². The summed E-state index contributed by atoms with van der Waals surface area (Å²) in [5.41, 5.74) is 1.34. The van der Waals surface area contributed by atoms with E-state index in [0.717, 1.165) is 8.58 Å². The molecule has 0 aliphatic heterocycles. The maximum Gasteiger partial charge on any atom is 1.00 e. The van der Waals surface area contributed by atoms with E-state index in [1.54, 1.807) is 26.4 Å². The predicted octanol–water partition coefficient (Wildman–Crippen LogP) is 1.13. The molecule has 0 spiro atoms. The third-order valence-electron chi connectivity index (χ3n) is 3.51. The number of carbonyl (C=O) groups excluding carboxylic acids is 1. The van der Waals surface area contributed by atoms with Gasteiger partial charge in [0.15, 0.2) is 0 Å². The zero-order valence-electron chi connectivity index (χ0n) is 12.5. The molecule has 0 atom stereocenters. The second kappa shape index (κ2) is 8.73. The first-order chi connectivity index (χ1) is 9.24. The van der Waals surface area contributed by atoms with Crippen molar-refractivity contribution in [2.45, 2.75) is 37.8 Å². The Morgan fingerprint density at radius 3 is 2.45 bits per heavy atom. The molecule has 0 N–H and O–H groups in total. The zero-order chi connectivity index (χ0) is 13.7. The molecule has 0 amide bonds. The van der Waals surface area contributed by atoms with Crippen LogP contribution in [0.5, 0.6) is 11.5 Å². The van der Waals surface area contributed by atoms with Crippen LogP contribution >= 0.6 is 8.58 Å². The minimum atomic E-state index is 0. The molecule has 0 unspecified atom stereocenters. The maximum absolute atomic E-state index is 12.4. The molecule has 0 heterocycles. The van der Waals surface area contributed by atoms with Crippen molar-refractivity contribution < 1.29 is 33.1 Å². The maximum atomic E-state index is 12.4. The van der Waals surface area contributed by atoms with Gasteiger partial charge in [-0.05, 0) is 12.1 Å². The Balaban J connectivity index is 0.00000200. The number of methoxy groups -OCH3 is 2. The monoisotopic (exact) mass is 286 g/mol. The number of hydrogen-bond acceptors (Lipinski definition) is 3. The smallest absolute Gasteiger partial charge is 0.497 e. The van der Waals surface area contributed by atoms with Crippen LogP contribution in [-0.4, -0.2) is 25.4 Å². The standard InChI is InChI=1S/C15H20O3P.Li/c1-17-11-8-9-13(14(10-11)18-2)15(16)19-12-6-4-3-5-7-12;/h8-10,12H,3-7H2,1-2H3;/q-1;+1. The Kier molecular flexibility index (Phi) is 7.67. The predicted molar refractivity (Wildman–Crippen MR) is 77.7 cm³/mol. The van der Waals surface area contributed by atoms with Gasteiger partial charge in [-0.2, -0.15) is 5.66 Å². The van der Waals surface area contributed by atoms with Gasteiger partial charge < -0.3 is 22.8 Å². The van der Waals surface area contributed by atoms with Gasteiger partial charge in [-0.25, -0.2) is 0 Å². The number of carbonyl (C=O) groups is 1. The van der Waals surface area contributed by atoms with E-state index < -0.39 is 0 Å². The molecule has 1 fully saturated rings. The SMILES string of the molecule is COc1ccc(C(=O)[P-]C2CCCCC2)c(OC)c1.[Li+]. The van der Waals surface area contributed by atoms with E-state index in [0.29, 0.717) is 22.7 Å². The van der Waals surface area contributed by atoms with Gasteiger partial charge in [0, 0.05) is 17.2 Å². The van der Waals surface area contributed by atoms with Crippen molar-refractivity contribution in [1.29, 1.82) is 0 Å². The van der Waals surface area contributed by atoms with Crippen molar-refractivity contribution in [3.8, 4) is 11.5 Å². The summed E-state index contributed by atoms with van der Waals surface area (Å²) in [5.74, 6) is 1.32. The first kappa shape index (κ1) is 17.6. The summed E-state index contributed by atoms with van der Waals surface area (Å²) >= 11 is 0. The van der Waals surface area contributed by atoms with Crippen LogP contribution < -0.4 is 28.3 Å². The van der Waals surface area contributed by atoms with E-state index in [2.05, 4.69) is 0 Å². The fourth-order valence-corrected chi connectivity index (χ4v) is 3.70. The molecule has 1 aliphatic rings. The molecule has 2 rings (SSSR count). The summed E-state index contributed by atoms with van der Waals surface area (Å²) in [7, 11) is 4.11. The molecule has 0 radical (unpaired) electrons. The molecule has 104 valence electrons. The molecule has 1 aromatic rings. The van der Waals surface area contributed by atoms with Gasteiger partial charge in [-0.1, -0.05) is 32.1 Å². The first-order valence-corrected chi connectivity index (χ1v) is 7.68. The van der Waals surface area contributed by atoms with Crippen LogP contribution in [0.2, 0.25) is 0 Å². The summed E-state index contributed by atoms with van der Waals surface area (Å²) < 4.78 is 10.4. The Labute approximate surface area is 134 Å². The van der Waals surface area contributed by atoms with E-state index in [-0.39, 0.29) is 24.4 Å². The van der Waals surface area contributed by atoms with Crippen molar-refractivity contribution >= 4 is 14.1 Å². The van der Waals surface area contributed by atoms with Crippen molar-refractivity contribution in [2.24, 2.45) is 0 Å². The van der Waals surface area contributed by atoms with E-state index >= 15 is 0 Å². The molecule has 5 heteroatoms. The average Bonchev–Trinajstić information content (AvgIpc) is 2.47.